The first-order valence-corrected chi connectivity index (χ1v) is 6.78. The fourth-order valence-electron chi connectivity index (χ4n) is 2.29. The van der Waals surface area contributed by atoms with E-state index in [2.05, 4.69) is 4.98 Å². The van der Waals surface area contributed by atoms with Gasteiger partial charge in [0.1, 0.15) is 5.65 Å². The Bertz CT molecular complexity index is 884. The van der Waals surface area contributed by atoms with E-state index in [4.69, 9.17) is 0 Å². The lowest BCUT2D eigenvalue weighted by molar-refractivity contribution is -0.167. The highest BCUT2D eigenvalue weighted by atomic mass is 19.4. The number of aromatic nitrogens is 2. The number of amides is 1. The number of carbonyl (C=O) groups is 1. The van der Waals surface area contributed by atoms with E-state index >= 15 is 0 Å². The minimum absolute atomic E-state index is 0.0656. The molecule has 23 heavy (non-hydrogen) atoms. The summed E-state index contributed by atoms with van der Waals surface area (Å²) in [5.74, 6) is -2.01. The molecule has 0 aliphatic heterocycles. The molecule has 0 aliphatic rings. The highest BCUT2D eigenvalue weighted by Crippen LogP contribution is 2.29. The van der Waals surface area contributed by atoms with Gasteiger partial charge >= 0.3 is 12.1 Å². The number of nitrogens with zero attached hydrogens (tertiary/aromatic N) is 2. The number of hydrogen-bond donors (Lipinski definition) is 1. The number of imidazole rings is 1. The molecule has 0 fully saturated rings. The topological polar surface area (TPSA) is 46.4 Å². The SMILES string of the molecule is Cc1cccn2cc(-c3ccccc3NC(=O)C(F)(F)F)nc12. The number of carbonyl (C=O) groups excluding carboxylic acids is 1. The number of aryl methyl sites for hydroxylation is 1. The lowest BCUT2D eigenvalue weighted by atomic mass is 10.1. The van der Waals surface area contributed by atoms with Gasteiger partial charge in [-0.3, -0.25) is 4.79 Å². The molecule has 4 nitrogen and oxygen atoms in total. The van der Waals surface area contributed by atoms with Crippen molar-refractivity contribution in [1.29, 1.82) is 0 Å². The summed E-state index contributed by atoms with van der Waals surface area (Å²) in [5.41, 5.74) is 2.62. The van der Waals surface area contributed by atoms with E-state index in [0.717, 1.165) is 5.56 Å². The Morgan fingerprint density at radius 3 is 2.61 bits per heavy atom. The van der Waals surface area contributed by atoms with Crippen LogP contribution in [-0.2, 0) is 4.79 Å². The van der Waals surface area contributed by atoms with E-state index in [-0.39, 0.29) is 5.69 Å². The van der Waals surface area contributed by atoms with Crippen LogP contribution in [-0.4, -0.2) is 21.5 Å². The van der Waals surface area contributed by atoms with Gasteiger partial charge in [0.2, 0.25) is 0 Å². The molecule has 0 unspecified atom stereocenters. The first kappa shape index (κ1) is 15.1. The monoisotopic (exact) mass is 319 g/mol. The third kappa shape index (κ3) is 2.90. The molecular formula is C16H12F3N3O. The van der Waals surface area contributed by atoms with Gasteiger partial charge in [0.05, 0.1) is 11.4 Å². The molecule has 118 valence electrons. The molecule has 3 aromatic rings. The zero-order chi connectivity index (χ0) is 16.6. The molecule has 3 rings (SSSR count). The Labute approximate surface area is 129 Å². The summed E-state index contributed by atoms with van der Waals surface area (Å²) >= 11 is 0. The summed E-state index contributed by atoms with van der Waals surface area (Å²) in [7, 11) is 0. The Balaban J connectivity index is 2.05. The number of pyridine rings is 1. The van der Waals surface area contributed by atoms with Crippen molar-refractivity contribution in [3.63, 3.8) is 0 Å². The van der Waals surface area contributed by atoms with Crippen molar-refractivity contribution >= 4 is 17.2 Å². The van der Waals surface area contributed by atoms with Crippen LogP contribution in [0.4, 0.5) is 18.9 Å². The minimum atomic E-state index is -4.94. The molecule has 0 spiro atoms. The standard InChI is InChI=1S/C16H12F3N3O/c1-10-5-4-8-22-9-13(20-14(10)22)11-6-2-3-7-12(11)21-15(23)16(17,18)19/h2-9H,1H3,(H,21,23). The quantitative estimate of drug-likeness (QED) is 0.781. The van der Waals surface area contributed by atoms with Gasteiger partial charge in [0.15, 0.2) is 0 Å². The van der Waals surface area contributed by atoms with Gasteiger partial charge in [-0.25, -0.2) is 4.98 Å². The molecule has 1 N–H and O–H groups in total. The van der Waals surface area contributed by atoms with E-state index in [1.165, 1.54) is 6.07 Å². The summed E-state index contributed by atoms with van der Waals surface area (Å²) in [6, 6.07) is 10.00. The van der Waals surface area contributed by atoms with E-state index in [1.54, 1.807) is 35.0 Å². The summed E-state index contributed by atoms with van der Waals surface area (Å²) in [5, 5.41) is 1.89. The Kier molecular flexibility index (Phi) is 3.55. The van der Waals surface area contributed by atoms with Crippen molar-refractivity contribution < 1.29 is 18.0 Å². The minimum Gasteiger partial charge on any atom is -0.318 e. The molecule has 1 amide bonds. The molecule has 0 radical (unpaired) electrons. The van der Waals surface area contributed by atoms with Crippen LogP contribution >= 0.6 is 0 Å². The summed E-state index contributed by atoms with van der Waals surface area (Å²) < 4.78 is 39.2. The number of anilines is 1. The first-order chi connectivity index (χ1) is 10.9. The maximum absolute atomic E-state index is 12.5. The molecule has 0 aliphatic carbocycles. The van der Waals surface area contributed by atoms with E-state index in [0.29, 0.717) is 16.9 Å². The van der Waals surface area contributed by atoms with Crippen molar-refractivity contribution in [2.24, 2.45) is 0 Å². The predicted molar refractivity (Wildman–Crippen MR) is 80.0 cm³/mol. The maximum atomic E-state index is 12.5. The van der Waals surface area contributed by atoms with Crippen LogP contribution in [0.25, 0.3) is 16.9 Å². The number of fused-ring (bicyclic) bond motifs is 1. The number of hydrogen-bond acceptors (Lipinski definition) is 2. The zero-order valence-electron chi connectivity index (χ0n) is 12.1. The molecule has 1 aromatic carbocycles. The third-order valence-electron chi connectivity index (χ3n) is 3.39. The Morgan fingerprint density at radius 2 is 1.91 bits per heavy atom. The van der Waals surface area contributed by atoms with Crippen molar-refractivity contribution in [3.8, 4) is 11.3 Å². The van der Waals surface area contributed by atoms with Crippen molar-refractivity contribution in [1.82, 2.24) is 9.38 Å². The third-order valence-corrected chi connectivity index (χ3v) is 3.39. The highest BCUT2D eigenvalue weighted by molar-refractivity contribution is 5.98. The van der Waals surface area contributed by atoms with Crippen LogP contribution in [0, 0.1) is 6.92 Å². The molecule has 2 aromatic heterocycles. The van der Waals surface area contributed by atoms with Crippen LogP contribution in [0.5, 0.6) is 0 Å². The fourth-order valence-corrected chi connectivity index (χ4v) is 2.29. The zero-order valence-corrected chi connectivity index (χ0v) is 12.1. The van der Waals surface area contributed by atoms with Gasteiger partial charge in [-0.2, -0.15) is 13.2 Å². The molecule has 0 saturated carbocycles. The van der Waals surface area contributed by atoms with Crippen LogP contribution in [0.2, 0.25) is 0 Å². The van der Waals surface area contributed by atoms with Crippen LogP contribution in [0.3, 0.4) is 0 Å². The van der Waals surface area contributed by atoms with Crippen LogP contribution in [0.1, 0.15) is 5.56 Å². The second-order valence-corrected chi connectivity index (χ2v) is 5.05. The largest absolute Gasteiger partial charge is 0.471 e. The molecule has 7 heteroatoms. The number of nitrogens with one attached hydrogen (secondary N) is 1. The predicted octanol–water partition coefficient (Wildman–Crippen LogP) is 3.81. The summed E-state index contributed by atoms with van der Waals surface area (Å²) in [4.78, 5) is 15.6. The number of alkyl halides is 3. The first-order valence-electron chi connectivity index (χ1n) is 6.78. The fraction of sp³-hybridized carbons (Fsp3) is 0.125. The Morgan fingerprint density at radius 1 is 1.17 bits per heavy atom. The number of halogens is 3. The van der Waals surface area contributed by atoms with Crippen molar-refractivity contribution in [2.75, 3.05) is 5.32 Å². The average Bonchev–Trinajstić information content (AvgIpc) is 2.92. The van der Waals surface area contributed by atoms with Gasteiger partial charge in [-0.1, -0.05) is 24.3 Å². The number of para-hydroxylation sites is 1. The molecular weight excluding hydrogens is 307 g/mol. The van der Waals surface area contributed by atoms with Gasteiger partial charge in [-0.15, -0.1) is 0 Å². The number of benzene rings is 1. The normalized spacial score (nSPS) is 11.7. The average molecular weight is 319 g/mol. The lowest BCUT2D eigenvalue weighted by Gasteiger charge is -2.11. The molecule has 2 heterocycles. The highest BCUT2D eigenvalue weighted by Gasteiger charge is 2.39. The lowest BCUT2D eigenvalue weighted by Crippen LogP contribution is -2.30. The van der Waals surface area contributed by atoms with Gasteiger partial charge in [0.25, 0.3) is 0 Å². The van der Waals surface area contributed by atoms with Crippen LogP contribution < -0.4 is 5.32 Å². The Hall–Kier alpha value is -2.83. The molecule has 0 atom stereocenters. The van der Waals surface area contributed by atoms with Gasteiger partial charge in [0, 0.05) is 18.0 Å². The molecule has 0 bridgehead atoms. The van der Waals surface area contributed by atoms with E-state index < -0.39 is 12.1 Å². The molecule has 0 saturated heterocycles. The van der Waals surface area contributed by atoms with E-state index in [9.17, 15) is 18.0 Å². The maximum Gasteiger partial charge on any atom is 0.471 e. The summed E-state index contributed by atoms with van der Waals surface area (Å²) in [6.07, 6.45) is -1.43. The van der Waals surface area contributed by atoms with E-state index in [1.807, 2.05) is 24.4 Å². The second-order valence-electron chi connectivity index (χ2n) is 5.05. The van der Waals surface area contributed by atoms with Gasteiger partial charge in [-0.05, 0) is 24.6 Å². The van der Waals surface area contributed by atoms with Crippen molar-refractivity contribution in [2.45, 2.75) is 13.1 Å². The second kappa shape index (κ2) is 5.42. The smallest absolute Gasteiger partial charge is 0.318 e. The van der Waals surface area contributed by atoms with Crippen molar-refractivity contribution in [3.05, 3.63) is 54.4 Å². The number of rotatable bonds is 2. The van der Waals surface area contributed by atoms with Crippen LogP contribution in [0.15, 0.2) is 48.8 Å². The summed E-state index contributed by atoms with van der Waals surface area (Å²) in [6.45, 7) is 1.89. The van der Waals surface area contributed by atoms with Gasteiger partial charge < -0.3 is 9.72 Å².